The number of H-pyrrole nitrogens is 1. The average molecular weight is 430 g/mol. The Hall–Kier alpha value is -3.62. The normalized spacial score (nSPS) is 11.9. The second-order valence-corrected chi connectivity index (χ2v) is 5.94. The van der Waals surface area contributed by atoms with E-state index < -0.39 is 47.2 Å². The smallest absolute Gasteiger partial charge is 0.416 e. The molecule has 0 saturated carbocycles. The molecule has 1 N–H and O–H groups in total. The molecular weight excluding hydrogens is 421 g/mol. The van der Waals surface area contributed by atoms with Crippen LogP contribution in [0.3, 0.4) is 0 Å². The van der Waals surface area contributed by atoms with Gasteiger partial charge in [-0.3, -0.25) is 0 Å². The average Bonchev–Trinajstić information content (AvgIpc) is 3.14. The number of nitrogens with zero attached hydrogens (tertiary/aromatic N) is 3. The molecule has 0 amide bonds. The molecular formula is C18H9F7N4O. The lowest BCUT2D eigenvalue weighted by Crippen LogP contribution is -2.13. The predicted octanol–water partition coefficient (Wildman–Crippen LogP) is 5.10. The van der Waals surface area contributed by atoms with Crippen molar-refractivity contribution in [3.63, 3.8) is 0 Å². The number of rotatable bonds is 4. The van der Waals surface area contributed by atoms with Crippen LogP contribution in [0.15, 0.2) is 36.4 Å². The standard InChI is InChI=1S/C18H9F7N4O/c19-14-3-1-2-13(18(23,24)25)12(14)8-30-11-5-9(4-10(6-11)17(20,21)22)16-15(7-26)27-29-28-16/h1-6H,8H2,(H,27,28,29). The summed E-state index contributed by atoms with van der Waals surface area (Å²) in [5, 5.41) is 18.1. The fourth-order valence-corrected chi connectivity index (χ4v) is 2.62. The fraction of sp³-hybridized carbons (Fsp3) is 0.167. The molecule has 12 heteroatoms. The zero-order valence-corrected chi connectivity index (χ0v) is 14.6. The van der Waals surface area contributed by atoms with E-state index in [0.717, 1.165) is 18.2 Å². The first-order chi connectivity index (χ1) is 14.0. The van der Waals surface area contributed by atoms with Gasteiger partial charge in [-0.25, -0.2) is 9.49 Å². The van der Waals surface area contributed by atoms with Crippen LogP contribution < -0.4 is 4.74 Å². The van der Waals surface area contributed by atoms with Gasteiger partial charge in [0, 0.05) is 11.1 Å². The van der Waals surface area contributed by atoms with Gasteiger partial charge in [0.15, 0.2) is 5.69 Å². The molecule has 156 valence electrons. The maximum atomic E-state index is 13.9. The van der Waals surface area contributed by atoms with E-state index in [1.807, 2.05) is 0 Å². The van der Waals surface area contributed by atoms with E-state index in [9.17, 15) is 30.7 Å². The maximum absolute atomic E-state index is 13.9. The van der Waals surface area contributed by atoms with Gasteiger partial charge in [0.1, 0.15) is 29.9 Å². The van der Waals surface area contributed by atoms with Crippen LogP contribution in [0.2, 0.25) is 0 Å². The first-order valence-electron chi connectivity index (χ1n) is 8.02. The van der Waals surface area contributed by atoms with Crippen molar-refractivity contribution < 1.29 is 35.5 Å². The molecule has 3 aromatic rings. The molecule has 5 nitrogen and oxygen atoms in total. The first kappa shape index (κ1) is 21.1. The van der Waals surface area contributed by atoms with E-state index in [1.54, 1.807) is 6.07 Å². The highest BCUT2D eigenvalue weighted by Gasteiger charge is 2.35. The van der Waals surface area contributed by atoms with Crippen molar-refractivity contribution in [2.24, 2.45) is 0 Å². The summed E-state index contributed by atoms with van der Waals surface area (Å²) in [6, 6.07) is 6.19. The summed E-state index contributed by atoms with van der Waals surface area (Å²) in [4.78, 5) is 0. The van der Waals surface area contributed by atoms with Crippen molar-refractivity contribution in [2.45, 2.75) is 19.0 Å². The third-order valence-electron chi connectivity index (χ3n) is 3.98. The Morgan fingerprint density at radius 3 is 2.40 bits per heavy atom. The van der Waals surface area contributed by atoms with Crippen LogP contribution in [-0.2, 0) is 19.0 Å². The van der Waals surface area contributed by atoms with Gasteiger partial charge < -0.3 is 4.74 Å². The molecule has 0 unspecified atom stereocenters. The highest BCUT2D eigenvalue weighted by atomic mass is 19.4. The Balaban J connectivity index is 2.02. The Kier molecular flexibility index (Phi) is 5.39. The second-order valence-electron chi connectivity index (χ2n) is 5.94. The summed E-state index contributed by atoms with van der Waals surface area (Å²) in [5.41, 5.74) is -4.02. The number of aromatic nitrogens is 3. The molecule has 0 aliphatic rings. The zero-order chi connectivity index (χ0) is 22.1. The van der Waals surface area contributed by atoms with Gasteiger partial charge in [-0.15, -0.1) is 5.10 Å². The third kappa shape index (κ3) is 4.35. The van der Waals surface area contributed by atoms with Gasteiger partial charge in [0.25, 0.3) is 0 Å². The van der Waals surface area contributed by atoms with Crippen LogP contribution in [-0.4, -0.2) is 15.4 Å². The highest BCUT2D eigenvalue weighted by molar-refractivity contribution is 5.67. The molecule has 3 rings (SSSR count). The number of halogens is 7. The number of nitrogens with one attached hydrogen (secondary N) is 1. The SMILES string of the molecule is N#Cc1[nH]nnc1-c1cc(OCc2c(F)cccc2C(F)(F)F)cc(C(F)(F)F)c1. The molecule has 0 aliphatic carbocycles. The van der Waals surface area contributed by atoms with E-state index in [2.05, 4.69) is 15.4 Å². The van der Waals surface area contributed by atoms with E-state index >= 15 is 0 Å². The van der Waals surface area contributed by atoms with E-state index in [0.29, 0.717) is 18.2 Å². The minimum absolute atomic E-state index is 0.213. The van der Waals surface area contributed by atoms with Crippen LogP contribution in [0.25, 0.3) is 11.3 Å². The summed E-state index contributed by atoms with van der Waals surface area (Å²) in [6.07, 6.45) is -9.72. The quantitative estimate of drug-likeness (QED) is 0.585. The van der Waals surface area contributed by atoms with Crippen molar-refractivity contribution in [3.8, 4) is 23.1 Å². The first-order valence-corrected chi connectivity index (χ1v) is 8.02. The largest absolute Gasteiger partial charge is 0.489 e. The molecule has 0 saturated heterocycles. The van der Waals surface area contributed by atoms with Gasteiger partial charge in [0.05, 0.1) is 11.1 Å². The van der Waals surface area contributed by atoms with E-state index in [-0.39, 0.29) is 17.0 Å². The van der Waals surface area contributed by atoms with Crippen LogP contribution in [0, 0.1) is 17.1 Å². The number of nitriles is 1. The van der Waals surface area contributed by atoms with Gasteiger partial charge in [-0.1, -0.05) is 11.3 Å². The van der Waals surface area contributed by atoms with Crippen LogP contribution in [0.4, 0.5) is 30.7 Å². The molecule has 1 heterocycles. The molecule has 2 aromatic carbocycles. The molecule has 0 atom stereocenters. The van der Waals surface area contributed by atoms with Gasteiger partial charge in [0.2, 0.25) is 0 Å². The molecule has 0 aliphatic heterocycles. The minimum atomic E-state index is -4.89. The number of hydrogen-bond acceptors (Lipinski definition) is 4. The third-order valence-corrected chi connectivity index (χ3v) is 3.98. The number of alkyl halides is 6. The Labute approximate surface area is 163 Å². The summed E-state index contributed by atoms with van der Waals surface area (Å²) >= 11 is 0. The van der Waals surface area contributed by atoms with Gasteiger partial charge in [-0.05, 0) is 30.3 Å². The van der Waals surface area contributed by atoms with Crippen molar-refractivity contribution in [3.05, 3.63) is 64.6 Å². The molecule has 0 bridgehead atoms. The molecule has 30 heavy (non-hydrogen) atoms. The Bertz CT molecular complexity index is 1110. The predicted molar refractivity (Wildman–Crippen MR) is 87.3 cm³/mol. The number of ether oxygens (including phenoxy) is 1. The van der Waals surface area contributed by atoms with Crippen LogP contribution >= 0.6 is 0 Å². The maximum Gasteiger partial charge on any atom is 0.416 e. The van der Waals surface area contributed by atoms with Crippen molar-refractivity contribution >= 4 is 0 Å². The summed E-state index contributed by atoms with van der Waals surface area (Å²) in [6.45, 7) is -0.980. The van der Waals surface area contributed by atoms with E-state index in [1.165, 1.54) is 0 Å². The summed E-state index contributed by atoms with van der Waals surface area (Å²) in [7, 11) is 0. The van der Waals surface area contributed by atoms with E-state index in [4.69, 9.17) is 10.00 Å². The van der Waals surface area contributed by atoms with Crippen molar-refractivity contribution in [1.82, 2.24) is 15.4 Å². The molecule has 0 spiro atoms. The highest BCUT2D eigenvalue weighted by Crippen LogP contribution is 2.37. The lowest BCUT2D eigenvalue weighted by atomic mass is 10.1. The Morgan fingerprint density at radius 1 is 1.03 bits per heavy atom. The second kappa shape index (κ2) is 7.66. The lowest BCUT2D eigenvalue weighted by molar-refractivity contribution is -0.139. The lowest BCUT2D eigenvalue weighted by Gasteiger charge is -2.16. The zero-order valence-electron chi connectivity index (χ0n) is 14.6. The van der Waals surface area contributed by atoms with Crippen LogP contribution in [0.1, 0.15) is 22.4 Å². The summed E-state index contributed by atoms with van der Waals surface area (Å²) < 4.78 is 98.0. The summed E-state index contributed by atoms with van der Waals surface area (Å²) in [5.74, 6) is -1.72. The van der Waals surface area contributed by atoms with Crippen molar-refractivity contribution in [1.29, 1.82) is 5.26 Å². The topological polar surface area (TPSA) is 74.6 Å². The number of aromatic amines is 1. The number of benzene rings is 2. The minimum Gasteiger partial charge on any atom is -0.489 e. The molecule has 0 fully saturated rings. The van der Waals surface area contributed by atoms with Crippen LogP contribution in [0.5, 0.6) is 5.75 Å². The van der Waals surface area contributed by atoms with Gasteiger partial charge >= 0.3 is 12.4 Å². The monoisotopic (exact) mass is 430 g/mol. The number of hydrogen-bond donors (Lipinski definition) is 1. The van der Waals surface area contributed by atoms with Gasteiger partial charge in [-0.2, -0.15) is 31.6 Å². The Morgan fingerprint density at radius 2 is 1.77 bits per heavy atom. The molecule has 1 aromatic heterocycles. The molecule has 0 radical (unpaired) electrons. The fourth-order valence-electron chi connectivity index (χ4n) is 2.62. The van der Waals surface area contributed by atoms with Crippen molar-refractivity contribution in [2.75, 3.05) is 0 Å².